The van der Waals surface area contributed by atoms with Crippen LogP contribution >= 0.6 is 11.6 Å². The van der Waals surface area contributed by atoms with Gasteiger partial charge in [-0.05, 0) is 18.6 Å². The number of fused-ring (bicyclic) bond motifs is 1. The Bertz CT molecular complexity index is 554. The molecule has 0 aliphatic rings. The number of hydrogen-bond acceptors (Lipinski definition) is 3. The van der Waals surface area contributed by atoms with E-state index < -0.39 is 0 Å². The van der Waals surface area contributed by atoms with E-state index in [0.29, 0.717) is 16.0 Å². The molecule has 3 nitrogen and oxygen atoms in total. The highest BCUT2D eigenvalue weighted by Crippen LogP contribution is 2.38. The van der Waals surface area contributed by atoms with Crippen LogP contribution in [0.25, 0.3) is 11.0 Å². The first kappa shape index (κ1) is 10.1. The van der Waals surface area contributed by atoms with Crippen molar-refractivity contribution in [3.8, 4) is 5.75 Å². The van der Waals surface area contributed by atoms with Crippen LogP contribution in [-0.2, 0) is 0 Å². The van der Waals surface area contributed by atoms with E-state index in [1.165, 1.54) is 6.92 Å². The molecule has 0 unspecified atom stereocenters. The maximum absolute atomic E-state index is 11.2. The second kappa shape index (κ2) is 3.28. The summed E-state index contributed by atoms with van der Waals surface area (Å²) < 4.78 is 5.24. The van der Waals surface area contributed by atoms with E-state index >= 15 is 0 Å². The van der Waals surface area contributed by atoms with Crippen LogP contribution in [-0.4, -0.2) is 10.9 Å². The Morgan fingerprint density at radius 1 is 1.47 bits per heavy atom. The van der Waals surface area contributed by atoms with Crippen molar-refractivity contribution in [3.05, 3.63) is 28.5 Å². The zero-order valence-electron chi connectivity index (χ0n) is 8.30. The molecule has 0 amide bonds. The fraction of sp³-hybridized carbons (Fsp3) is 0.182. The van der Waals surface area contributed by atoms with Crippen molar-refractivity contribution in [2.45, 2.75) is 13.8 Å². The van der Waals surface area contributed by atoms with Gasteiger partial charge < -0.3 is 9.52 Å². The molecule has 2 aromatic rings. The summed E-state index contributed by atoms with van der Waals surface area (Å²) in [6, 6.07) is 3.44. The van der Waals surface area contributed by atoms with Crippen LogP contribution in [0, 0.1) is 6.92 Å². The molecule has 78 valence electrons. The van der Waals surface area contributed by atoms with E-state index in [-0.39, 0.29) is 17.3 Å². The van der Waals surface area contributed by atoms with Crippen molar-refractivity contribution in [3.63, 3.8) is 0 Å². The smallest absolute Gasteiger partial charge is 0.212 e. The van der Waals surface area contributed by atoms with Gasteiger partial charge >= 0.3 is 0 Å². The molecule has 4 heteroatoms. The quantitative estimate of drug-likeness (QED) is 0.756. The van der Waals surface area contributed by atoms with Gasteiger partial charge in [-0.15, -0.1) is 0 Å². The predicted octanol–water partition coefficient (Wildman–Crippen LogP) is 3.30. The minimum absolute atomic E-state index is 0.0406. The topological polar surface area (TPSA) is 50.4 Å². The number of aryl methyl sites for hydroxylation is 1. The van der Waals surface area contributed by atoms with Crippen molar-refractivity contribution in [2.24, 2.45) is 0 Å². The molecule has 1 aromatic heterocycles. The summed E-state index contributed by atoms with van der Waals surface area (Å²) in [5, 5.41) is 10.7. The van der Waals surface area contributed by atoms with E-state index in [1.54, 1.807) is 12.1 Å². The number of hydrogen-bond donors (Lipinski definition) is 1. The lowest BCUT2D eigenvalue weighted by Crippen LogP contribution is -1.87. The molecule has 1 N–H and O–H groups in total. The van der Waals surface area contributed by atoms with Crippen LogP contribution in [0.5, 0.6) is 5.75 Å². The van der Waals surface area contributed by atoms with Gasteiger partial charge in [0, 0.05) is 6.92 Å². The highest BCUT2D eigenvalue weighted by atomic mass is 35.5. The molecule has 1 heterocycles. The monoisotopic (exact) mass is 224 g/mol. The van der Waals surface area contributed by atoms with Crippen LogP contribution in [0.1, 0.15) is 23.0 Å². The van der Waals surface area contributed by atoms with Gasteiger partial charge in [-0.25, -0.2) is 0 Å². The Hall–Kier alpha value is -1.48. The molecular weight excluding hydrogens is 216 g/mol. The summed E-state index contributed by atoms with van der Waals surface area (Å²) in [5.41, 5.74) is 1.18. The van der Waals surface area contributed by atoms with Crippen LogP contribution in [0.2, 0.25) is 5.02 Å². The van der Waals surface area contributed by atoms with E-state index in [2.05, 4.69) is 0 Å². The van der Waals surface area contributed by atoms with Gasteiger partial charge in [-0.2, -0.15) is 0 Å². The molecule has 0 saturated carbocycles. The molecule has 0 aliphatic heterocycles. The van der Waals surface area contributed by atoms with E-state index in [0.717, 1.165) is 5.56 Å². The third-order valence-electron chi connectivity index (χ3n) is 2.29. The van der Waals surface area contributed by atoms with Crippen LogP contribution in [0.15, 0.2) is 16.5 Å². The molecule has 0 aliphatic carbocycles. The molecular formula is C11H9ClO3. The maximum Gasteiger partial charge on any atom is 0.212 e. The van der Waals surface area contributed by atoms with Gasteiger partial charge in [-0.1, -0.05) is 17.7 Å². The Morgan fingerprint density at radius 2 is 2.13 bits per heavy atom. The van der Waals surface area contributed by atoms with Gasteiger partial charge in [0.2, 0.25) is 5.76 Å². The number of rotatable bonds is 1. The van der Waals surface area contributed by atoms with Crippen molar-refractivity contribution in [2.75, 3.05) is 0 Å². The van der Waals surface area contributed by atoms with E-state index in [4.69, 9.17) is 16.0 Å². The predicted molar refractivity (Wildman–Crippen MR) is 57.6 cm³/mol. The fourth-order valence-electron chi connectivity index (χ4n) is 1.55. The second-order valence-electron chi connectivity index (χ2n) is 3.40. The van der Waals surface area contributed by atoms with Crippen LogP contribution < -0.4 is 0 Å². The normalized spacial score (nSPS) is 10.9. The van der Waals surface area contributed by atoms with Gasteiger partial charge in [0.15, 0.2) is 17.1 Å². The van der Waals surface area contributed by atoms with Crippen LogP contribution in [0.4, 0.5) is 0 Å². The number of ketones is 1. The number of benzene rings is 1. The number of Topliss-reactive ketones (excluding diaryl/α,β-unsaturated/α-hetero) is 1. The SMILES string of the molecule is CC(=O)c1oc2c(Cl)ccc(C)c2c1O. The summed E-state index contributed by atoms with van der Waals surface area (Å²) in [6.45, 7) is 3.15. The lowest BCUT2D eigenvalue weighted by molar-refractivity contribution is 0.0986. The number of halogens is 1. The largest absolute Gasteiger partial charge is 0.504 e. The molecule has 0 saturated heterocycles. The zero-order chi connectivity index (χ0) is 11.2. The summed E-state index contributed by atoms with van der Waals surface area (Å²) in [6.07, 6.45) is 0. The first-order valence-electron chi connectivity index (χ1n) is 4.44. The Balaban J connectivity index is 2.93. The minimum Gasteiger partial charge on any atom is -0.504 e. The summed E-state index contributed by atoms with van der Waals surface area (Å²) in [7, 11) is 0. The standard InChI is InChI=1S/C11H9ClO3/c1-5-3-4-7(12)11-8(5)9(14)10(15-11)6(2)13/h3-4,14H,1-2H3. The van der Waals surface area contributed by atoms with Gasteiger partial charge in [0.1, 0.15) is 0 Å². The average molecular weight is 225 g/mol. The summed E-state index contributed by atoms with van der Waals surface area (Å²) >= 11 is 5.90. The second-order valence-corrected chi connectivity index (χ2v) is 3.81. The number of carbonyl (C=O) groups is 1. The lowest BCUT2D eigenvalue weighted by atomic mass is 10.1. The van der Waals surface area contributed by atoms with Crippen LogP contribution in [0.3, 0.4) is 0 Å². The molecule has 0 bridgehead atoms. The fourth-order valence-corrected chi connectivity index (χ4v) is 1.75. The van der Waals surface area contributed by atoms with Gasteiger partial charge in [-0.3, -0.25) is 4.79 Å². The third-order valence-corrected chi connectivity index (χ3v) is 2.59. The summed E-state index contributed by atoms with van der Waals surface area (Å²) in [4.78, 5) is 11.2. The average Bonchev–Trinajstić information content (AvgIpc) is 2.51. The molecule has 0 spiro atoms. The first-order valence-corrected chi connectivity index (χ1v) is 4.81. The number of aromatic hydroxyl groups is 1. The van der Waals surface area contributed by atoms with Gasteiger partial charge in [0.25, 0.3) is 0 Å². The molecule has 1 aromatic carbocycles. The first-order chi connectivity index (χ1) is 7.02. The molecule has 15 heavy (non-hydrogen) atoms. The van der Waals surface area contributed by atoms with Crippen molar-refractivity contribution in [1.29, 1.82) is 0 Å². The van der Waals surface area contributed by atoms with E-state index in [9.17, 15) is 9.90 Å². The van der Waals surface area contributed by atoms with Crippen molar-refractivity contribution in [1.82, 2.24) is 0 Å². The van der Waals surface area contributed by atoms with E-state index in [1.807, 2.05) is 6.92 Å². The Morgan fingerprint density at radius 3 is 2.67 bits per heavy atom. The molecule has 0 fully saturated rings. The summed E-state index contributed by atoms with van der Waals surface area (Å²) in [5.74, 6) is -0.488. The maximum atomic E-state index is 11.2. The number of carbonyl (C=O) groups excluding carboxylic acids is 1. The number of furan rings is 1. The minimum atomic E-state index is -0.320. The Labute approximate surface area is 91.3 Å². The highest BCUT2D eigenvalue weighted by molar-refractivity contribution is 6.35. The van der Waals surface area contributed by atoms with Crippen molar-refractivity contribution >= 4 is 28.4 Å². The Kier molecular flexibility index (Phi) is 2.20. The third kappa shape index (κ3) is 1.39. The molecule has 0 radical (unpaired) electrons. The zero-order valence-corrected chi connectivity index (χ0v) is 9.05. The molecule has 0 atom stereocenters. The lowest BCUT2D eigenvalue weighted by Gasteiger charge is -1.96. The highest BCUT2D eigenvalue weighted by Gasteiger charge is 2.19. The molecule has 2 rings (SSSR count). The van der Waals surface area contributed by atoms with Crippen molar-refractivity contribution < 1.29 is 14.3 Å². The van der Waals surface area contributed by atoms with Gasteiger partial charge in [0.05, 0.1) is 10.4 Å².